The highest BCUT2D eigenvalue weighted by Crippen LogP contribution is 2.38. The zero-order valence-electron chi connectivity index (χ0n) is 13.0. The van der Waals surface area contributed by atoms with Crippen LogP contribution in [-0.4, -0.2) is 54.6 Å². The second kappa shape index (κ2) is 6.60. The molecule has 3 unspecified atom stereocenters. The lowest BCUT2D eigenvalue weighted by Crippen LogP contribution is -2.50. The molecule has 0 saturated heterocycles. The summed E-state index contributed by atoms with van der Waals surface area (Å²) in [6.45, 7) is 0.674. The lowest BCUT2D eigenvalue weighted by Gasteiger charge is -2.42. The van der Waals surface area contributed by atoms with E-state index in [1.165, 1.54) is 0 Å². The number of methoxy groups -OCH3 is 1. The predicted octanol–water partition coefficient (Wildman–Crippen LogP) is 1.78. The molecule has 3 atom stereocenters. The predicted molar refractivity (Wildman–Crippen MR) is 83.6 cm³/mol. The van der Waals surface area contributed by atoms with Crippen LogP contribution in [0.4, 0.5) is 0 Å². The Labute approximate surface area is 126 Å². The van der Waals surface area contributed by atoms with E-state index in [4.69, 9.17) is 4.74 Å². The molecule has 21 heavy (non-hydrogen) atoms. The second-order valence-electron chi connectivity index (χ2n) is 5.99. The Morgan fingerprint density at radius 1 is 1.33 bits per heavy atom. The van der Waals surface area contributed by atoms with Gasteiger partial charge in [0.15, 0.2) is 0 Å². The Bertz CT molecular complexity index is 483. The molecule has 1 aromatic rings. The van der Waals surface area contributed by atoms with Gasteiger partial charge in [0.2, 0.25) is 0 Å². The Morgan fingerprint density at radius 2 is 2.00 bits per heavy atom. The van der Waals surface area contributed by atoms with Crippen LogP contribution < -0.4 is 4.74 Å². The molecular formula is C17H25NO3. The van der Waals surface area contributed by atoms with Gasteiger partial charge in [-0.25, -0.2) is 0 Å². The Morgan fingerprint density at radius 3 is 2.52 bits per heavy atom. The maximum atomic E-state index is 11.1. The number of nitrogens with zero attached hydrogens (tertiary/aromatic N) is 1. The van der Waals surface area contributed by atoms with Crippen LogP contribution in [0.5, 0.6) is 5.75 Å². The largest absolute Gasteiger partial charge is 0.497 e. The van der Waals surface area contributed by atoms with E-state index in [1.807, 2.05) is 49.3 Å². The molecule has 0 fully saturated rings. The molecule has 0 spiro atoms. The van der Waals surface area contributed by atoms with Gasteiger partial charge in [0, 0.05) is 12.5 Å². The van der Waals surface area contributed by atoms with Crippen molar-refractivity contribution in [1.82, 2.24) is 4.90 Å². The summed E-state index contributed by atoms with van der Waals surface area (Å²) >= 11 is 0. The molecule has 0 amide bonds. The first-order valence-electron chi connectivity index (χ1n) is 7.33. The lowest BCUT2D eigenvalue weighted by atomic mass is 9.73. The molecule has 0 radical (unpaired) electrons. The molecule has 116 valence electrons. The van der Waals surface area contributed by atoms with Crippen LogP contribution in [0.25, 0.3) is 0 Å². The van der Waals surface area contributed by atoms with Crippen LogP contribution in [0.1, 0.15) is 24.3 Å². The Hall–Kier alpha value is -1.36. The highest BCUT2D eigenvalue weighted by atomic mass is 16.5. The number of allylic oxidation sites excluding steroid dienone is 1. The van der Waals surface area contributed by atoms with Crippen molar-refractivity contribution in [2.75, 3.05) is 27.7 Å². The first kappa shape index (κ1) is 16.0. The molecule has 4 nitrogen and oxygen atoms in total. The van der Waals surface area contributed by atoms with Crippen molar-refractivity contribution in [3.63, 3.8) is 0 Å². The molecule has 2 N–H and O–H groups in total. The highest BCUT2D eigenvalue weighted by molar-refractivity contribution is 5.32. The van der Waals surface area contributed by atoms with E-state index in [0.717, 1.165) is 17.7 Å². The van der Waals surface area contributed by atoms with E-state index in [9.17, 15) is 10.2 Å². The number of aliphatic hydroxyl groups excluding tert-OH is 1. The highest BCUT2D eigenvalue weighted by Gasteiger charge is 2.43. The van der Waals surface area contributed by atoms with Crippen LogP contribution in [0.2, 0.25) is 0 Å². The number of likely N-dealkylation sites (N-methyl/N-ethyl adjacent to an activating group) is 1. The van der Waals surface area contributed by atoms with Crippen LogP contribution in [0.3, 0.4) is 0 Å². The van der Waals surface area contributed by atoms with Crippen molar-refractivity contribution in [2.24, 2.45) is 0 Å². The SMILES string of the molecule is COc1ccc(C(CN(C)C)C2(O)CCC=CC2O)cc1. The second-order valence-corrected chi connectivity index (χ2v) is 5.99. The first-order chi connectivity index (χ1) is 9.97. The van der Waals surface area contributed by atoms with Gasteiger partial charge in [-0.1, -0.05) is 24.3 Å². The van der Waals surface area contributed by atoms with Crippen LogP contribution in [0, 0.1) is 0 Å². The average molecular weight is 291 g/mol. The molecular weight excluding hydrogens is 266 g/mol. The number of benzene rings is 1. The number of rotatable bonds is 5. The quantitative estimate of drug-likeness (QED) is 0.812. The fraction of sp³-hybridized carbons (Fsp3) is 0.529. The fourth-order valence-electron chi connectivity index (χ4n) is 2.99. The van der Waals surface area contributed by atoms with E-state index < -0.39 is 11.7 Å². The summed E-state index contributed by atoms with van der Waals surface area (Å²) in [7, 11) is 5.59. The molecule has 4 heteroatoms. The van der Waals surface area contributed by atoms with E-state index >= 15 is 0 Å². The van der Waals surface area contributed by atoms with Gasteiger partial charge in [-0.05, 0) is 44.6 Å². The van der Waals surface area contributed by atoms with E-state index in [1.54, 1.807) is 13.2 Å². The molecule has 2 rings (SSSR count). The topological polar surface area (TPSA) is 52.9 Å². The maximum absolute atomic E-state index is 11.1. The fourth-order valence-corrected chi connectivity index (χ4v) is 2.99. The molecule has 1 aromatic carbocycles. The number of hydrogen-bond acceptors (Lipinski definition) is 4. The Balaban J connectivity index is 2.35. The van der Waals surface area contributed by atoms with Gasteiger partial charge >= 0.3 is 0 Å². The monoisotopic (exact) mass is 291 g/mol. The van der Waals surface area contributed by atoms with Crippen molar-refractivity contribution in [2.45, 2.75) is 30.5 Å². The van der Waals surface area contributed by atoms with Crippen LogP contribution >= 0.6 is 0 Å². The zero-order valence-corrected chi connectivity index (χ0v) is 13.0. The van der Waals surface area contributed by atoms with E-state index in [0.29, 0.717) is 13.0 Å². The summed E-state index contributed by atoms with van der Waals surface area (Å²) < 4.78 is 5.19. The van der Waals surface area contributed by atoms with Crippen LogP contribution in [-0.2, 0) is 0 Å². The van der Waals surface area contributed by atoms with Gasteiger partial charge in [0.05, 0.1) is 7.11 Å². The third kappa shape index (κ3) is 3.46. The normalized spacial score (nSPS) is 26.9. The molecule has 0 heterocycles. The summed E-state index contributed by atoms with van der Waals surface area (Å²) in [4.78, 5) is 2.04. The first-order valence-corrected chi connectivity index (χ1v) is 7.33. The summed E-state index contributed by atoms with van der Waals surface area (Å²) in [5, 5.41) is 21.4. The van der Waals surface area contributed by atoms with Crippen molar-refractivity contribution in [3.8, 4) is 5.75 Å². The van der Waals surface area contributed by atoms with E-state index in [2.05, 4.69) is 0 Å². The third-order valence-corrected chi connectivity index (χ3v) is 4.21. The van der Waals surface area contributed by atoms with Crippen molar-refractivity contribution in [3.05, 3.63) is 42.0 Å². The van der Waals surface area contributed by atoms with Gasteiger partial charge in [0.25, 0.3) is 0 Å². The number of hydrogen-bond donors (Lipinski definition) is 2. The van der Waals surface area contributed by atoms with Crippen molar-refractivity contribution in [1.29, 1.82) is 0 Å². The minimum atomic E-state index is -1.13. The van der Waals surface area contributed by atoms with Gasteiger partial charge in [0.1, 0.15) is 17.5 Å². The summed E-state index contributed by atoms with van der Waals surface area (Å²) in [5.74, 6) is 0.636. The number of aliphatic hydroxyl groups is 2. The maximum Gasteiger partial charge on any atom is 0.118 e. The molecule has 0 aromatic heterocycles. The molecule has 0 aliphatic heterocycles. The smallest absolute Gasteiger partial charge is 0.118 e. The van der Waals surface area contributed by atoms with Gasteiger partial charge in [-0.15, -0.1) is 0 Å². The zero-order chi connectivity index (χ0) is 15.5. The minimum Gasteiger partial charge on any atom is -0.497 e. The third-order valence-electron chi connectivity index (χ3n) is 4.21. The number of ether oxygens (including phenoxy) is 1. The molecule has 0 saturated carbocycles. The standard InChI is InChI=1S/C17H25NO3/c1-18(2)12-15(13-7-9-14(21-3)10-8-13)17(20)11-5-4-6-16(17)19/h4,6-10,15-16,19-20H,5,11-12H2,1-3H3. The summed E-state index contributed by atoms with van der Waals surface area (Å²) in [6, 6.07) is 7.73. The minimum absolute atomic E-state index is 0.154. The van der Waals surface area contributed by atoms with E-state index in [-0.39, 0.29) is 5.92 Å². The lowest BCUT2D eigenvalue weighted by molar-refractivity contribution is -0.0853. The van der Waals surface area contributed by atoms with Gasteiger partial charge in [-0.2, -0.15) is 0 Å². The van der Waals surface area contributed by atoms with Crippen molar-refractivity contribution >= 4 is 0 Å². The van der Waals surface area contributed by atoms with Gasteiger partial charge in [-0.3, -0.25) is 0 Å². The van der Waals surface area contributed by atoms with Gasteiger partial charge < -0.3 is 19.8 Å². The summed E-state index contributed by atoms with van der Waals surface area (Å²) in [6.07, 6.45) is 4.15. The Kier molecular flexibility index (Phi) is 5.04. The summed E-state index contributed by atoms with van der Waals surface area (Å²) in [5.41, 5.74) is -0.116. The molecule has 1 aliphatic rings. The molecule has 0 bridgehead atoms. The van der Waals surface area contributed by atoms with Crippen LogP contribution in [0.15, 0.2) is 36.4 Å². The molecule has 1 aliphatic carbocycles. The average Bonchev–Trinajstić information content (AvgIpc) is 2.48. The van der Waals surface area contributed by atoms with Crippen molar-refractivity contribution < 1.29 is 14.9 Å².